The van der Waals surface area contributed by atoms with Crippen LogP contribution in [0.2, 0.25) is 0 Å². The molecule has 1 aliphatic heterocycles. The summed E-state index contributed by atoms with van der Waals surface area (Å²) in [5.74, 6) is -1.50. The molecule has 7 nitrogen and oxygen atoms in total. The van der Waals surface area contributed by atoms with E-state index in [1.165, 1.54) is 35.0 Å². The number of nitrogens with zero attached hydrogens (tertiary/aromatic N) is 2. The number of aromatic nitrogens is 1. The highest BCUT2D eigenvalue weighted by atomic mass is 19.1. The number of nitrogens with two attached hydrogens (primary N) is 1. The summed E-state index contributed by atoms with van der Waals surface area (Å²) in [5.41, 5.74) is 5.42. The Morgan fingerprint density at radius 2 is 2.07 bits per heavy atom. The van der Waals surface area contributed by atoms with Crippen LogP contribution >= 0.6 is 0 Å². The van der Waals surface area contributed by atoms with Crippen molar-refractivity contribution in [2.75, 3.05) is 18.4 Å². The molecule has 1 fully saturated rings. The largest absolute Gasteiger partial charge is 0.368 e. The minimum Gasteiger partial charge on any atom is -0.368 e. The molecule has 2 unspecified atom stereocenters. The van der Waals surface area contributed by atoms with Gasteiger partial charge in [0.1, 0.15) is 5.82 Å². The molecule has 0 aliphatic carbocycles. The number of nitrogens with one attached hydrogen (secondary N) is 1. The number of likely N-dealkylation sites (tertiary alicyclic amines) is 1. The molecular formula is C19H20FN4O3. The topological polar surface area (TPSA) is 97.4 Å². The van der Waals surface area contributed by atoms with Gasteiger partial charge in [-0.1, -0.05) is 13.0 Å². The Labute approximate surface area is 155 Å². The maximum absolute atomic E-state index is 14.4. The lowest BCUT2D eigenvalue weighted by molar-refractivity contribution is -0.123. The first-order valence-corrected chi connectivity index (χ1v) is 8.51. The third kappa shape index (κ3) is 4.22. The van der Waals surface area contributed by atoms with Crippen LogP contribution in [0.1, 0.15) is 6.92 Å². The van der Waals surface area contributed by atoms with Crippen molar-refractivity contribution >= 4 is 17.5 Å². The van der Waals surface area contributed by atoms with Crippen molar-refractivity contribution in [1.29, 1.82) is 0 Å². The number of carbonyl (C=O) groups is 2. The van der Waals surface area contributed by atoms with Gasteiger partial charge in [0.15, 0.2) is 0 Å². The summed E-state index contributed by atoms with van der Waals surface area (Å²) in [6, 6.07) is 8.14. The van der Waals surface area contributed by atoms with Crippen molar-refractivity contribution in [2.45, 2.75) is 13.0 Å². The molecule has 27 heavy (non-hydrogen) atoms. The average Bonchev–Trinajstić information content (AvgIpc) is 2.97. The van der Waals surface area contributed by atoms with E-state index in [4.69, 9.17) is 5.73 Å². The van der Waals surface area contributed by atoms with Gasteiger partial charge in [-0.3, -0.25) is 23.9 Å². The number of anilines is 1. The molecule has 2 atom stereocenters. The van der Waals surface area contributed by atoms with Gasteiger partial charge in [-0.25, -0.2) is 4.39 Å². The number of hydrogen-bond acceptors (Lipinski definition) is 4. The maximum atomic E-state index is 14.4. The monoisotopic (exact) mass is 371 g/mol. The molecule has 0 saturated carbocycles. The minimum atomic E-state index is -0.663. The molecule has 1 saturated heterocycles. The van der Waals surface area contributed by atoms with Crippen LogP contribution < -0.4 is 16.6 Å². The van der Waals surface area contributed by atoms with Crippen molar-refractivity contribution in [3.05, 3.63) is 65.2 Å². The van der Waals surface area contributed by atoms with Crippen molar-refractivity contribution < 1.29 is 14.0 Å². The van der Waals surface area contributed by atoms with Crippen LogP contribution in [-0.4, -0.2) is 40.4 Å². The first kappa shape index (κ1) is 18.8. The molecule has 2 heterocycles. The lowest BCUT2D eigenvalue weighted by Gasteiger charge is -2.21. The van der Waals surface area contributed by atoms with Crippen LogP contribution in [-0.2, 0) is 9.59 Å². The van der Waals surface area contributed by atoms with Crippen molar-refractivity contribution in [3.8, 4) is 5.69 Å². The van der Waals surface area contributed by atoms with E-state index in [1.807, 2.05) is 6.92 Å². The molecule has 3 rings (SSSR count). The van der Waals surface area contributed by atoms with Crippen LogP contribution in [0.25, 0.3) is 5.69 Å². The molecular weight excluding hydrogens is 351 g/mol. The standard InChI is InChI=1S/C19H20FN4O3/c1-12-8-16(19(21)27)23(10-12)11-17(25)22-15-6-5-13(9-14(15)20)24-7-3-2-4-18(24)26/h2-9,12,16H,10-11H2,1H3,(H2,21,27)(H,22,25). The molecule has 1 aromatic heterocycles. The fourth-order valence-electron chi connectivity index (χ4n) is 3.19. The number of halogens is 1. The second-order valence-electron chi connectivity index (χ2n) is 6.57. The summed E-state index contributed by atoms with van der Waals surface area (Å²) in [6.45, 7) is 2.38. The van der Waals surface area contributed by atoms with Crippen LogP contribution in [0.5, 0.6) is 0 Å². The Hall–Kier alpha value is -3.00. The number of benzene rings is 1. The summed E-state index contributed by atoms with van der Waals surface area (Å²) in [6.07, 6.45) is 3.33. The van der Waals surface area contributed by atoms with Gasteiger partial charge in [0, 0.05) is 24.9 Å². The fourth-order valence-corrected chi connectivity index (χ4v) is 3.19. The smallest absolute Gasteiger partial charge is 0.255 e. The molecule has 8 heteroatoms. The number of carbonyl (C=O) groups excluding carboxylic acids is 2. The summed E-state index contributed by atoms with van der Waals surface area (Å²) in [4.78, 5) is 37.2. The molecule has 2 amide bonds. The Morgan fingerprint density at radius 3 is 2.74 bits per heavy atom. The normalized spacial score (nSPS) is 19.8. The predicted molar refractivity (Wildman–Crippen MR) is 98.6 cm³/mol. The van der Waals surface area contributed by atoms with Gasteiger partial charge in [0.25, 0.3) is 5.56 Å². The molecule has 0 spiro atoms. The minimum absolute atomic E-state index is 0.000389. The molecule has 1 aliphatic rings. The first-order chi connectivity index (χ1) is 12.8. The van der Waals surface area contributed by atoms with Crippen LogP contribution in [0.15, 0.2) is 47.4 Å². The van der Waals surface area contributed by atoms with E-state index in [9.17, 15) is 18.8 Å². The molecule has 141 valence electrons. The predicted octanol–water partition coefficient (Wildman–Crippen LogP) is 0.925. The van der Waals surface area contributed by atoms with Gasteiger partial charge in [0.2, 0.25) is 11.8 Å². The lowest BCUT2D eigenvalue weighted by Crippen LogP contribution is -2.44. The van der Waals surface area contributed by atoms with Crippen molar-refractivity contribution in [3.63, 3.8) is 0 Å². The van der Waals surface area contributed by atoms with Gasteiger partial charge in [-0.05, 0) is 30.5 Å². The summed E-state index contributed by atoms with van der Waals surface area (Å²) < 4.78 is 15.7. The SMILES string of the molecule is CC1[CH]C(C(N)=O)N(CC(=O)Nc2ccc(-n3ccccc3=O)cc2F)C1. The van der Waals surface area contributed by atoms with Crippen LogP contribution in [0, 0.1) is 18.2 Å². The molecule has 1 aromatic carbocycles. The summed E-state index contributed by atoms with van der Waals surface area (Å²) in [5, 5.41) is 2.50. The zero-order chi connectivity index (χ0) is 19.6. The Morgan fingerprint density at radius 1 is 1.30 bits per heavy atom. The zero-order valence-corrected chi connectivity index (χ0v) is 14.8. The maximum Gasteiger partial charge on any atom is 0.255 e. The van der Waals surface area contributed by atoms with Gasteiger partial charge < -0.3 is 11.1 Å². The fraction of sp³-hybridized carbons (Fsp3) is 0.263. The van der Waals surface area contributed by atoms with E-state index in [0.717, 1.165) is 0 Å². The number of primary amides is 1. The van der Waals surface area contributed by atoms with Gasteiger partial charge in [-0.2, -0.15) is 0 Å². The van der Waals surface area contributed by atoms with E-state index in [0.29, 0.717) is 12.2 Å². The molecule has 3 N–H and O–H groups in total. The highest BCUT2D eigenvalue weighted by Gasteiger charge is 2.34. The quantitative estimate of drug-likeness (QED) is 0.817. The Balaban J connectivity index is 1.71. The Kier molecular flexibility index (Phi) is 5.36. The first-order valence-electron chi connectivity index (χ1n) is 8.51. The van der Waals surface area contributed by atoms with Crippen molar-refractivity contribution in [2.24, 2.45) is 11.7 Å². The van der Waals surface area contributed by atoms with Gasteiger partial charge >= 0.3 is 0 Å². The molecule has 1 radical (unpaired) electrons. The second-order valence-corrected chi connectivity index (χ2v) is 6.57. The summed E-state index contributed by atoms with van der Waals surface area (Å²) >= 11 is 0. The summed E-state index contributed by atoms with van der Waals surface area (Å²) in [7, 11) is 0. The number of rotatable bonds is 5. The van der Waals surface area contributed by atoms with Crippen LogP contribution in [0.4, 0.5) is 10.1 Å². The molecule has 0 bridgehead atoms. The number of pyridine rings is 1. The van der Waals surface area contributed by atoms with E-state index in [2.05, 4.69) is 5.32 Å². The average molecular weight is 371 g/mol. The lowest BCUT2D eigenvalue weighted by atomic mass is 10.1. The number of amides is 2. The third-order valence-corrected chi connectivity index (χ3v) is 4.39. The van der Waals surface area contributed by atoms with Crippen molar-refractivity contribution in [1.82, 2.24) is 9.47 Å². The third-order valence-electron chi connectivity index (χ3n) is 4.39. The van der Waals surface area contributed by atoms with E-state index in [-0.39, 0.29) is 23.7 Å². The van der Waals surface area contributed by atoms with Gasteiger partial charge in [0.05, 0.1) is 24.0 Å². The van der Waals surface area contributed by atoms with Gasteiger partial charge in [-0.15, -0.1) is 0 Å². The van der Waals surface area contributed by atoms with E-state index in [1.54, 1.807) is 23.5 Å². The van der Waals surface area contributed by atoms with E-state index < -0.39 is 23.7 Å². The highest BCUT2D eigenvalue weighted by Crippen LogP contribution is 2.22. The molecule has 2 aromatic rings. The highest BCUT2D eigenvalue weighted by molar-refractivity contribution is 5.93. The Bertz CT molecular complexity index is 927. The van der Waals surface area contributed by atoms with Crippen LogP contribution in [0.3, 0.4) is 0 Å². The zero-order valence-electron chi connectivity index (χ0n) is 14.8. The van der Waals surface area contributed by atoms with E-state index >= 15 is 0 Å². The second kappa shape index (κ2) is 7.71. The number of hydrogen-bond donors (Lipinski definition) is 2.